The second kappa shape index (κ2) is 7.94. The number of hydrogen-bond acceptors (Lipinski definition) is 6. The van der Waals surface area contributed by atoms with Crippen LogP contribution in [0.4, 0.5) is 23.4 Å². The van der Waals surface area contributed by atoms with Gasteiger partial charge < -0.3 is 14.4 Å². The molecule has 1 atom stereocenters. The molecule has 0 spiro atoms. The number of anilines is 1. The van der Waals surface area contributed by atoms with E-state index in [4.69, 9.17) is 4.74 Å². The standard InChI is InChI=1S/C18H15F4N5O2/c19-11-8-27(9-11)15-2-1-3-16(24-15)29-17(13-7-23-26-25-13)10-4-5-12(20)14(6-10)28-18(21)22/h1-7,11,17-18H,8-9H2,(H,23,25,26). The van der Waals surface area contributed by atoms with Crippen LogP contribution >= 0.6 is 0 Å². The first-order chi connectivity index (χ1) is 14.0. The molecule has 0 aliphatic carbocycles. The van der Waals surface area contributed by atoms with Crippen molar-refractivity contribution in [3.05, 3.63) is 59.7 Å². The predicted octanol–water partition coefficient (Wildman–Crippen LogP) is 3.27. The highest BCUT2D eigenvalue weighted by molar-refractivity contribution is 5.44. The number of pyridine rings is 1. The molecule has 0 amide bonds. The number of aromatic amines is 1. The fraction of sp³-hybridized carbons (Fsp3) is 0.278. The van der Waals surface area contributed by atoms with Crippen LogP contribution in [0.2, 0.25) is 0 Å². The third-order valence-corrected chi connectivity index (χ3v) is 4.28. The van der Waals surface area contributed by atoms with Crippen LogP contribution in [-0.4, -0.2) is 46.3 Å². The van der Waals surface area contributed by atoms with Gasteiger partial charge in [0.2, 0.25) is 5.88 Å². The van der Waals surface area contributed by atoms with Crippen molar-refractivity contribution in [2.75, 3.05) is 18.0 Å². The number of halogens is 4. The van der Waals surface area contributed by atoms with Crippen molar-refractivity contribution in [1.29, 1.82) is 0 Å². The van der Waals surface area contributed by atoms with Crippen LogP contribution in [0.5, 0.6) is 11.6 Å². The van der Waals surface area contributed by atoms with Gasteiger partial charge in [-0.1, -0.05) is 12.1 Å². The molecule has 4 rings (SSSR count). The lowest BCUT2D eigenvalue weighted by atomic mass is 10.1. The third kappa shape index (κ3) is 4.23. The summed E-state index contributed by atoms with van der Waals surface area (Å²) >= 11 is 0. The Morgan fingerprint density at radius 2 is 1.97 bits per heavy atom. The number of ether oxygens (including phenoxy) is 2. The van der Waals surface area contributed by atoms with Gasteiger partial charge in [-0.2, -0.15) is 29.2 Å². The number of nitrogens with one attached hydrogen (secondary N) is 1. The molecule has 1 saturated heterocycles. The molecule has 152 valence electrons. The van der Waals surface area contributed by atoms with Crippen molar-refractivity contribution in [3.63, 3.8) is 0 Å². The van der Waals surface area contributed by atoms with Gasteiger partial charge in [-0.25, -0.2) is 8.78 Å². The van der Waals surface area contributed by atoms with Crippen LogP contribution in [0, 0.1) is 5.82 Å². The van der Waals surface area contributed by atoms with E-state index in [1.807, 2.05) is 0 Å². The predicted molar refractivity (Wildman–Crippen MR) is 93.2 cm³/mol. The van der Waals surface area contributed by atoms with Crippen LogP contribution in [0.15, 0.2) is 42.6 Å². The SMILES string of the molecule is Fc1ccc(C(Oc2cccc(N3CC(F)C3)n2)c2cn[nH]n2)cc1OC(F)F. The smallest absolute Gasteiger partial charge is 0.387 e. The van der Waals surface area contributed by atoms with Crippen molar-refractivity contribution < 1.29 is 27.0 Å². The largest absolute Gasteiger partial charge is 0.463 e. The highest BCUT2D eigenvalue weighted by Crippen LogP contribution is 2.31. The average molecular weight is 409 g/mol. The van der Waals surface area contributed by atoms with Gasteiger partial charge in [0.1, 0.15) is 17.7 Å². The molecule has 11 heteroatoms. The fourth-order valence-electron chi connectivity index (χ4n) is 2.88. The molecule has 1 N–H and O–H groups in total. The van der Waals surface area contributed by atoms with Crippen LogP contribution in [-0.2, 0) is 0 Å². The molecule has 0 bridgehead atoms. The molecule has 1 fully saturated rings. The number of hydrogen-bond donors (Lipinski definition) is 1. The molecule has 3 heterocycles. The van der Waals surface area contributed by atoms with E-state index in [1.165, 1.54) is 12.3 Å². The van der Waals surface area contributed by atoms with Crippen molar-refractivity contribution in [2.24, 2.45) is 0 Å². The van der Waals surface area contributed by atoms with Gasteiger partial charge in [-0.3, -0.25) is 0 Å². The summed E-state index contributed by atoms with van der Waals surface area (Å²) in [7, 11) is 0. The van der Waals surface area contributed by atoms with Gasteiger partial charge in [0.15, 0.2) is 17.7 Å². The summed E-state index contributed by atoms with van der Waals surface area (Å²) in [5.41, 5.74) is 0.621. The summed E-state index contributed by atoms with van der Waals surface area (Å²) in [6.45, 7) is -2.69. The van der Waals surface area contributed by atoms with Crippen molar-refractivity contribution in [1.82, 2.24) is 20.4 Å². The molecular formula is C18H15F4N5O2. The number of aromatic nitrogens is 4. The zero-order valence-electron chi connectivity index (χ0n) is 14.8. The monoisotopic (exact) mass is 409 g/mol. The van der Waals surface area contributed by atoms with Gasteiger partial charge in [0, 0.05) is 11.6 Å². The topological polar surface area (TPSA) is 76.2 Å². The Morgan fingerprint density at radius 1 is 1.14 bits per heavy atom. The van der Waals surface area contributed by atoms with Crippen LogP contribution < -0.4 is 14.4 Å². The molecule has 7 nitrogen and oxygen atoms in total. The zero-order chi connectivity index (χ0) is 20.4. The molecule has 0 saturated carbocycles. The Bertz CT molecular complexity index is 967. The quantitative estimate of drug-likeness (QED) is 0.604. The molecule has 1 aromatic carbocycles. The molecule has 29 heavy (non-hydrogen) atoms. The lowest BCUT2D eigenvalue weighted by molar-refractivity contribution is -0.0523. The normalized spacial score (nSPS) is 15.3. The highest BCUT2D eigenvalue weighted by Gasteiger charge is 2.28. The number of alkyl halides is 3. The summed E-state index contributed by atoms with van der Waals surface area (Å²) in [6.07, 6.45) is -0.437. The van der Waals surface area contributed by atoms with Crippen LogP contribution in [0.25, 0.3) is 0 Å². The first-order valence-corrected chi connectivity index (χ1v) is 8.62. The van der Waals surface area contributed by atoms with Gasteiger partial charge in [0.05, 0.1) is 19.3 Å². The molecule has 1 aliphatic heterocycles. The summed E-state index contributed by atoms with van der Waals surface area (Å²) in [5.74, 6) is -0.827. The summed E-state index contributed by atoms with van der Waals surface area (Å²) in [6, 6.07) is 8.46. The minimum Gasteiger partial charge on any atom is -0.463 e. The zero-order valence-corrected chi connectivity index (χ0v) is 14.8. The summed E-state index contributed by atoms with van der Waals surface area (Å²) in [5, 5.41) is 10.1. The van der Waals surface area contributed by atoms with E-state index in [0.717, 1.165) is 12.1 Å². The number of H-pyrrole nitrogens is 1. The van der Waals surface area contributed by atoms with Crippen LogP contribution in [0.1, 0.15) is 17.4 Å². The summed E-state index contributed by atoms with van der Waals surface area (Å²) < 4.78 is 62.2. The first kappa shape index (κ1) is 19.0. The van der Waals surface area contributed by atoms with Crippen LogP contribution in [0.3, 0.4) is 0 Å². The van der Waals surface area contributed by atoms with E-state index in [1.54, 1.807) is 23.1 Å². The third-order valence-electron chi connectivity index (χ3n) is 4.28. The minimum absolute atomic E-state index is 0.193. The lowest BCUT2D eigenvalue weighted by Crippen LogP contribution is -2.48. The van der Waals surface area contributed by atoms with E-state index in [0.29, 0.717) is 17.1 Å². The van der Waals surface area contributed by atoms with Crippen molar-refractivity contribution >= 4 is 5.82 Å². The lowest BCUT2D eigenvalue weighted by Gasteiger charge is -2.35. The highest BCUT2D eigenvalue weighted by atomic mass is 19.3. The van der Waals surface area contributed by atoms with E-state index in [-0.39, 0.29) is 19.0 Å². The summed E-state index contributed by atoms with van der Waals surface area (Å²) in [4.78, 5) is 6.09. The van der Waals surface area contributed by atoms with Gasteiger partial charge in [0.25, 0.3) is 0 Å². The Balaban J connectivity index is 1.63. The maximum Gasteiger partial charge on any atom is 0.387 e. The first-order valence-electron chi connectivity index (χ1n) is 8.62. The molecule has 0 radical (unpaired) electrons. The number of nitrogens with zero attached hydrogens (tertiary/aromatic N) is 4. The van der Waals surface area contributed by atoms with E-state index in [9.17, 15) is 17.6 Å². The van der Waals surface area contributed by atoms with E-state index in [2.05, 4.69) is 25.1 Å². The Labute approximate surface area is 162 Å². The van der Waals surface area contributed by atoms with Crippen molar-refractivity contribution in [3.8, 4) is 11.6 Å². The minimum atomic E-state index is -3.18. The Kier molecular flexibility index (Phi) is 5.19. The molecule has 1 unspecified atom stereocenters. The Hall–Kier alpha value is -3.37. The second-order valence-corrected chi connectivity index (χ2v) is 6.30. The van der Waals surface area contributed by atoms with E-state index >= 15 is 0 Å². The fourth-order valence-corrected chi connectivity index (χ4v) is 2.88. The van der Waals surface area contributed by atoms with Gasteiger partial charge in [-0.05, 0) is 18.2 Å². The molecule has 3 aromatic rings. The molecule has 2 aromatic heterocycles. The average Bonchev–Trinajstić information content (AvgIpc) is 3.20. The van der Waals surface area contributed by atoms with Gasteiger partial charge in [-0.15, -0.1) is 0 Å². The second-order valence-electron chi connectivity index (χ2n) is 6.30. The maximum absolute atomic E-state index is 13.8. The number of benzene rings is 1. The molecule has 1 aliphatic rings. The molecular weight excluding hydrogens is 394 g/mol. The number of rotatable bonds is 7. The van der Waals surface area contributed by atoms with E-state index < -0.39 is 30.5 Å². The maximum atomic E-state index is 13.8. The Morgan fingerprint density at radius 3 is 2.66 bits per heavy atom. The van der Waals surface area contributed by atoms with Crippen molar-refractivity contribution in [2.45, 2.75) is 18.9 Å². The van der Waals surface area contributed by atoms with Gasteiger partial charge >= 0.3 is 6.61 Å².